The Labute approximate surface area is 124 Å². The molecule has 2 rings (SSSR count). The smallest absolute Gasteiger partial charge is 0.251 e. The molecule has 1 aliphatic rings. The number of nitrogens with zero attached hydrogens (tertiary/aromatic N) is 1. The minimum Gasteiger partial charge on any atom is -0.343 e. The van der Waals surface area contributed by atoms with Crippen molar-refractivity contribution in [2.75, 3.05) is 6.54 Å². The maximum atomic E-state index is 12.0. The molecule has 1 atom stereocenters. The maximum Gasteiger partial charge on any atom is 0.251 e. The van der Waals surface area contributed by atoms with Gasteiger partial charge in [0.2, 0.25) is 5.91 Å². The highest BCUT2D eigenvalue weighted by Crippen LogP contribution is 2.32. The molecule has 0 saturated heterocycles. The van der Waals surface area contributed by atoms with Crippen LogP contribution in [0.15, 0.2) is 18.2 Å². The van der Waals surface area contributed by atoms with E-state index in [1.165, 1.54) is 0 Å². The molecule has 2 amide bonds. The lowest BCUT2D eigenvalue weighted by molar-refractivity contribution is -0.120. The Morgan fingerprint density at radius 3 is 2.43 bits per heavy atom. The molecule has 110 valence electrons. The second-order valence-corrected chi connectivity index (χ2v) is 5.57. The number of benzene rings is 1. The number of aryl methyl sites for hydroxylation is 2. The zero-order valence-corrected chi connectivity index (χ0v) is 12.3. The largest absolute Gasteiger partial charge is 0.343 e. The Hall–Kier alpha value is -2.35. The molecule has 0 unspecified atom stereocenters. The fourth-order valence-electron chi connectivity index (χ4n) is 2.28. The number of hydrogen-bond acceptors (Lipinski definition) is 3. The predicted molar refractivity (Wildman–Crippen MR) is 78.5 cm³/mol. The van der Waals surface area contributed by atoms with Crippen molar-refractivity contribution in [3.8, 4) is 6.07 Å². The summed E-state index contributed by atoms with van der Waals surface area (Å²) < 4.78 is 0. The van der Waals surface area contributed by atoms with Gasteiger partial charge in [0.05, 0.1) is 12.6 Å². The van der Waals surface area contributed by atoms with Gasteiger partial charge in [-0.15, -0.1) is 0 Å². The molecule has 0 heterocycles. The van der Waals surface area contributed by atoms with E-state index < -0.39 is 6.04 Å². The third-order valence-electron chi connectivity index (χ3n) is 3.44. The molecule has 1 aliphatic carbocycles. The second kappa shape index (κ2) is 6.40. The summed E-state index contributed by atoms with van der Waals surface area (Å²) in [6.07, 6.45) is 1.96. The Kier molecular flexibility index (Phi) is 4.59. The van der Waals surface area contributed by atoms with Gasteiger partial charge in [0.15, 0.2) is 0 Å². The summed E-state index contributed by atoms with van der Waals surface area (Å²) in [5.41, 5.74) is 2.55. The molecular formula is C16H19N3O2. The van der Waals surface area contributed by atoms with Crippen LogP contribution in [0.2, 0.25) is 0 Å². The van der Waals surface area contributed by atoms with Crippen LogP contribution in [0.5, 0.6) is 0 Å². The number of nitriles is 1. The molecule has 1 fully saturated rings. The van der Waals surface area contributed by atoms with Crippen LogP contribution in [-0.4, -0.2) is 24.4 Å². The molecule has 1 saturated carbocycles. The van der Waals surface area contributed by atoms with Crippen molar-refractivity contribution in [2.24, 2.45) is 5.92 Å². The Morgan fingerprint density at radius 2 is 1.90 bits per heavy atom. The van der Waals surface area contributed by atoms with Gasteiger partial charge in [0.25, 0.3) is 5.91 Å². The number of nitrogens with one attached hydrogen (secondary N) is 2. The van der Waals surface area contributed by atoms with Crippen molar-refractivity contribution in [3.63, 3.8) is 0 Å². The van der Waals surface area contributed by atoms with Crippen LogP contribution in [0.3, 0.4) is 0 Å². The minimum atomic E-state index is -0.435. The Balaban J connectivity index is 1.85. The van der Waals surface area contributed by atoms with E-state index in [4.69, 9.17) is 5.26 Å². The molecule has 0 bridgehead atoms. The molecule has 5 heteroatoms. The highest BCUT2D eigenvalue weighted by Gasteiger charge is 2.32. The zero-order valence-electron chi connectivity index (χ0n) is 12.3. The van der Waals surface area contributed by atoms with Crippen LogP contribution in [0.1, 0.15) is 34.3 Å². The van der Waals surface area contributed by atoms with Gasteiger partial charge in [-0.05, 0) is 44.7 Å². The Morgan fingerprint density at radius 1 is 1.29 bits per heavy atom. The first-order valence-electron chi connectivity index (χ1n) is 7.05. The van der Waals surface area contributed by atoms with Crippen LogP contribution in [0, 0.1) is 31.1 Å². The standard InChI is InChI=1S/C16H19N3O2/c1-10-5-11(2)7-13(6-10)16(21)18-9-15(20)19-14(8-17)12-3-4-12/h5-7,12,14H,3-4,9H2,1-2H3,(H,18,21)(H,19,20)/t14-/m0/s1. The van der Waals surface area contributed by atoms with E-state index in [1.807, 2.05) is 19.9 Å². The van der Waals surface area contributed by atoms with E-state index in [9.17, 15) is 9.59 Å². The van der Waals surface area contributed by atoms with Crippen LogP contribution >= 0.6 is 0 Å². The number of amides is 2. The summed E-state index contributed by atoms with van der Waals surface area (Å²) in [6.45, 7) is 3.73. The third-order valence-corrected chi connectivity index (χ3v) is 3.44. The first kappa shape index (κ1) is 15.0. The summed E-state index contributed by atoms with van der Waals surface area (Å²) in [6, 6.07) is 7.19. The van der Waals surface area contributed by atoms with E-state index in [2.05, 4.69) is 16.7 Å². The van der Waals surface area contributed by atoms with E-state index in [0.717, 1.165) is 24.0 Å². The lowest BCUT2D eigenvalue weighted by atomic mass is 10.1. The molecule has 1 aromatic rings. The summed E-state index contributed by atoms with van der Waals surface area (Å²) in [7, 11) is 0. The maximum absolute atomic E-state index is 12.0. The van der Waals surface area contributed by atoms with Crippen molar-refractivity contribution < 1.29 is 9.59 Å². The average molecular weight is 285 g/mol. The fraction of sp³-hybridized carbons (Fsp3) is 0.438. The number of rotatable bonds is 5. The predicted octanol–water partition coefficient (Wildman–Crippen LogP) is 1.45. The topological polar surface area (TPSA) is 82.0 Å². The van der Waals surface area contributed by atoms with Gasteiger partial charge in [0, 0.05) is 5.56 Å². The van der Waals surface area contributed by atoms with Gasteiger partial charge >= 0.3 is 0 Å². The molecule has 0 spiro atoms. The molecule has 1 aromatic carbocycles. The first-order chi connectivity index (χ1) is 9.99. The van der Waals surface area contributed by atoms with Gasteiger partial charge in [-0.1, -0.05) is 17.2 Å². The van der Waals surface area contributed by atoms with Crippen molar-refractivity contribution in [3.05, 3.63) is 34.9 Å². The van der Waals surface area contributed by atoms with Crippen LogP contribution in [-0.2, 0) is 4.79 Å². The number of hydrogen-bond donors (Lipinski definition) is 2. The third kappa shape index (κ3) is 4.32. The van der Waals surface area contributed by atoms with Gasteiger partial charge in [-0.25, -0.2) is 0 Å². The van der Waals surface area contributed by atoms with Gasteiger partial charge < -0.3 is 10.6 Å². The minimum absolute atomic E-state index is 0.114. The summed E-state index contributed by atoms with van der Waals surface area (Å²) in [5.74, 6) is -0.336. The van der Waals surface area contributed by atoms with Gasteiger partial charge in [-0.3, -0.25) is 9.59 Å². The lowest BCUT2D eigenvalue weighted by Gasteiger charge is -2.11. The monoisotopic (exact) mass is 285 g/mol. The molecule has 0 aromatic heterocycles. The molecule has 2 N–H and O–H groups in total. The van der Waals surface area contributed by atoms with Crippen molar-refractivity contribution in [1.82, 2.24) is 10.6 Å². The van der Waals surface area contributed by atoms with E-state index in [1.54, 1.807) is 12.1 Å². The normalized spacial score (nSPS) is 14.9. The molecule has 0 aliphatic heterocycles. The molecular weight excluding hydrogens is 266 g/mol. The highest BCUT2D eigenvalue weighted by molar-refractivity contribution is 5.96. The van der Waals surface area contributed by atoms with E-state index >= 15 is 0 Å². The highest BCUT2D eigenvalue weighted by atomic mass is 16.2. The Bertz CT molecular complexity index is 580. The van der Waals surface area contributed by atoms with Crippen LogP contribution < -0.4 is 10.6 Å². The summed E-state index contributed by atoms with van der Waals surface area (Å²) >= 11 is 0. The van der Waals surface area contributed by atoms with Crippen molar-refractivity contribution in [1.29, 1.82) is 5.26 Å². The van der Waals surface area contributed by atoms with Crippen LogP contribution in [0.25, 0.3) is 0 Å². The van der Waals surface area contributed by atoms with Crippen molar-refractivity contribution >= 4 is 11.8 Å². The lowest BCUT2D eigenvalue weighted by Crippen LogP contribution is -2.42. The summed E-state index contributed by atoms with van der Waals surface area (Å²) in [4.78, 5) is 23.7. The summed E-state index contributed by atoms with van der Waals surface area (Å²) in [5, 5.41) is 14.2. The molecule has 0 radical (unpaired) electrons. The first-order valence-corrected chi connectivity index (χ1v) is 7.05. The van der Waals surface area contributed by atoms with E-state index in [-0.39, 0.29) is 24.3 Å². The van der Waals surface area contributed by atoms with Crippen molar-refractivity contribution in [2.45, 2.75) is 32.7 Å². The van der Waals surface area contributed by atoms with Crippen LogP contribution in [0.4, 0.5) is 0 Å². The van der Waals surface area contributed by atoms with Gasteiger partial charge in [-0.2, -0.15) is 5.26 Å². The molecule has 5 nitrogen and oxygen atoms in total. The average Bonchev–Trinajstić information content (AvgIpc) is 3.25. The van der Waals surface area contributed by atoms with Gasteiger partial charge in [0.1, 0.15) is 6.04 Å². The molecule has 21 heavy (non-hydrogen) atoms. The fourth-order valence-corrected chi connectivity index (χ4v) is 2.28. The number of carbonyl (C=O) groups excluding carboxylic acids is 2. The van der Waals surface area contributed by atoms with E-state index in [0.29, 0.717) is 5.56 Å². The number of carbonyl (C=O) groups is 2. The quantitative estimate of drug-likeness (QED) is 0.859. The zero-order chi connectivity index (χ0) is 15.4. The second-order valence-electron chi connectivity index (χ2n) is 5.57. The SMILES string of the molecule is Cc1cc(C)cc(C(=O)NCC(=O)N[C@@H](C#N)C2CC2)c1.